The average Bonchev–Trinajstić information content (AvgIpc) is 3.21. The van der Waals surface area contributed by atoms with Crippen molar-refractivity contribution in [2.45, 2.75) is 51.9 Å². The van der Waals surface area contributed by atoms with Crippen molar-refractivity contribution in [3.05, 3.63) is 57.9 Å². The predicted molar refractivity (Wildman–Crippen MR) is 109 cm³/mol. The second kappa shape index (κ2) is 7.60. The molecule has 0 spiro atoms. The Kier molecular flexibility index (Phi) is 5.03. The SMILES string of the molecule is Cc1nn(-c2ccccc2)c(C)c1C=Nn1c(C2CCCCC2)n[nH]c1=S. The number of aryl methyl sites for hydroxylation is 1. The van der Waals surface area contributed by atoms with Gasteiger partial charge in [-0.05, 0) is 51.0 Å². The van der Waals surface area contributed by atoms with Gasteiger partial charge in [0.2, 0.25) is 4.77 Å². The minimum atomic E-state index is 0.429. The number of rotatable bonds is 4. The number of hydrogen-bond donors (Lipinski definition) is 1. The fourth-order valence-electron chi connectivity index (χ4n) is 3.82. The lowest BCUT2D eigenvalue weighted by Gasteiger charge is -2.19. The number of aromatic amines is 1. The van der Waals surface area contributed by atoms with E-state index >= 15 is 0 Å². The van der Waals surface area contributed by atoms with Crippen molar-refractivity contribution in [2.24, 2.45) is 5.10 Å². The first-order valence-electron chi connectivity index (χ1n) is 9.48. The van der Waals surface area contributed by atoms with E-state index in [0.29, 0.717) is 10.7 Å². The summed E-state index contributed by atoms with van der Waals surface area (Å²) in [5.74, 6) is 1.37. The van der Waals surface area contributed by atoms with Crippen LogP contribution < -0.4 is 0 Å². The van der Waals surface area contributed by atoms with Crippen LogP contribution in [0.4, 0.5) is 0 Å². The van der Waals surface area contributed by atoms with Gasteiger partial charge in [0.05, 0.1) is 23.3 Å². The van der Waals surface area contributed by atoms with Crippen LogP contribution in [0, 0.1) is 18.6 Å². The van der Waals surface area contributed by atoms with E-state index in [1.165, 1.54) is 19.3 Å². The molecule has 1 N–H and O–H groups in total. The summed E-state index contributed by atoms with van der Waals surface area (Å²) in [6.07, 6.45) is 7.96. The van der Waals surface area contributed by atoms with Crippen LogP contribution >= 0.6 is 12.2 Å². The molecule has 2 aromatic heterocycles. The fourth-order valence-corrected chi connectivity index (χ4v) is 4.00. The Morgan fingerprint density at radius 2 is 1.89 bits per heavy atom. The van der Waals surface area contributed by atoms with Crippen LogP contribution in [0.3, 0.4) is 0 Å². The van der Waals surface area contributed by atoms with E-state index in [-0.39, 0.29) is 0 Å². The maximum Gasteiger partial charge on any atom is 0.216 e. The molecule has 1 aromatic carbocycles. The number of benzene rings is 1. The first kappa shape index (κ1) is 17.9. The zero-order chi connectivity index (χ0) is 18.8. The van der Waals surface area contributed by atoms with E-state index in [0.717, 1.165) is 41.3 Å². The fraction of sp³-hybridized carbons (Fsp3) is 0.400. The Morgan fingerprint density at radius 1 is 1.15 bits per heavy atom. The Hall–Kier alpha value is -2.54. The minimum Gasteiger partial charge on any atom is -0.250 e. The topological polar surface area (TPSA) is 63.8 Å². The second-order valence-corrected chi connectivity index (χ2v) is 7.50. The molecular weight excluding hydrogens is 356 g/mol. The van der Waals surface area contributed by atoms with Crippen molar-refractivity contribution in [1.29, 1.82) is 0 Å². The summed E-state index contributed by atoms with van der Waals surface area (Å²) in [6, 6.07) is 10.1. The van der Waals surface area contributed by atoms with Gasteiger partial charge in [0.1, 0.15) is 0 Å². The average molecular weight is 381 g/mol. The summed E-state index contributed by atoms with van der Waals surface area (Å²) in [6.45, 7) is 4.07. The van der Waals surface area contributed by atoms with E-state index in [2.05, 4.69) is 27.3 Å². The van der Waals surface area contributed by atoms with Crippen molar-refractivity contribution in [3.8, 4) is 5.69 Å². The first-order valence-corrected chi connectivity index (χ1v) is 9.89. The molecule has 0 amide bonds. The summed E-state index contributed by atoms with van der Waals surface area (Å²) in [5, 5.41) is 16.7. The Labute approximate surface area is 163 Å². The summed E-state index contributed by atoms with van der Waals surface area (Å²) in [5.41, 5.74) is 4.04. The molecule has 7 heteroatoms. The molecule has 1 saturated carbocycles. The van der Waals surface area contributed by atoms with Crippen molar-refractivity contribution in [3.63, 3.8) is 0 Å². The van der Waals surface area contributed by atoms with Crippen molar-refractivity contribution in [1.82, 2.24) is 24.7 Å². The number of aromatic nitrogens is 5. The third kappa shape index (κ3) is 3.51. The number of nitrogens with one attached hydrogen (secondary N) is 1. The molecule has 0 atom stereocenters. The standard InChI is InChI=1S/C20H24N6S/c1-14-18(15(2)25(24-14)17-11-7-4-8-12-17)13-21-26-19(22-23-20(26)27)16-9-5-3-6-10-16/h4,7-8,11-13,16H,3,5-6,9-10H2,1-2H3,(H,23,27). The summed E-state index contributed by atoms with van der Waals surface area (Å²) >= 11 is 5.42. The molecule has 4 rings (SSSR count). The molecule has 140 valence electrons. The quantitative estimate of drug-likeness (QED) is 0.528. The number of nitrogens with zero attached hydrogens (tertiary/aromatic N) is 5. The zero-order valence-corrected chi connectivity index (χ0v) is 16.5. The maximum atomic E-state index is 5.42. The van der Waals surface area contributed by atoms with Crippen molar-refractivity contribution >= 4 is 18.4 Å². The highest BCUT2D eigenvalue weighted by atomic mass is 32.1. The lowest BCUT2D eigenvalue weighted by Crippen LogP contribution is -2.10. The number of hydrogen-bond acceptors (Lipinski definition) is 4. The lowest BCUT2D eigenvalue weighted by molar-refractivity contribution is 0.419. The first-order chi connectivity index (χ1) is 13.1. The van der Waals surface area contributed by atoms with E-state index in [1.54, 1.807) is 4.68 Å². The van der Waals surface area contributed by atoms with Crippen LogP contribution in [-0.4, -0.2) is 30.9 Å². The highest BCUT2D eigenvalue weighted by Gasteiger charge is 2.21. The van der Waals surface area contributed by atoms with Crippen LogP contribution in [-0.2, 0) is 0 Å². The molecule has 0 aliphatic heterocycles. The molecule has 27 heavy (non-hydrogen) atoms. The molecule has 0 unspecified atom stereocenters. The molecule has 1 aliphatic carbocycles. The Balaban J connectivity index is 1.67. The van der Waals surface area contributed by atoms with Gasteiger partial charge in [0, 0.05) is 11.5 Å². The molecule has 0 radical (unpaired) electrons. The van der Waals surface area contributed by atoms with Crippen LogP contribution in [0.15, 0.2) is 35.4 Å². The molecule has 3 aromatic rings. The molecular formula is C20H24N6S. The Morgan fingerprint density at radius 3 is 2.63 bits per heavy atom. The second-order valence-electron chi connectivity index (χ2n) is 7.11. The van der Waals surface area contributed by atoms with Gasteiger partial charge in [-0.1, -0.05) is 37.5 Å². The summed E-state index contributed by atoms with van der Waals surface area (Å²) in [4.78, 5) is 0. The van der Waals surface area contributed by atoms with Gasteiger partial charge >= 0.3 is 0 Å². The molecule has 1 fully saturated rings. The number of para-hydroxylation sites is 1. The molecule has 6 nitrogen and oxygen atoms in total. The van der Waals surface area contributed by atoms with Gasteiger partial charge in [0.25, 0.3) is 0 Å². The third-order valence-corrected chi connectivity index (χ3v) is 5.56. The molecule has 1 aliphatic rings. The summed E-state index contributed by atoms with van der Waals surface area (Å²) in [7, 11) is 0. The predicted octanol–water partition coefficient (Wildman–Crippen LogP) is 4.67. The van der Waals surface area contributed by atoms with E-state index < -0.39 is 0 Å². The van der Waals surface area contributed by atoms with Gasteiger partial charge in [0.15, 0.2) is 5.82 Å². The van der Waals surface area contributed by atoms with Crippen LogP contribution in [0.5, 0.6) is 0 Å². The largest absolute Gasteiger partial charge is 0.250 e. The third-order valence-electron chi connectivity index (χ3n) is 5.30. The summed E-state index contributed by atoms with van der Waals surface area (Å²) < 4.78 is 4.27. The highest BCUT2D eigenvalue weighted by molar-refractivity contribution is 7.71. The maximum absolute atomic E-state index is 5.42. The minimum absolute atomic E-state index is 0.429. The van der Waals surface area contributed by atoms with Gasteiger partial charge in [-0.25, -0.2) is 4.68 Å². The molecule has 0 bridgehead atoms. The van der Waals surface area contributed by atoms with Crippen molar-refractivity contribution in [2.75, 3.05) is 0 Å². The van der Waals surface area contributed by atoms with Gasteiger partial charge < -0.3 is 0 Å². The van der Waals surface area contributed by atoms with Gasteiger partial charge in [-0.2, -0.15) is 20.0 Å². The monoisotopic (exact) mass is 380 g/mol. The van der Waals surface area contributed by atoms with Crippen LogP contribution in [0.2, 0.25) is 0 Å². The van der Waals surface area contributed by atoms with E-state index in [4.69, 9.17) is 12.2 Å². The Bertz CT molecular complexity index is 1010. The van der Waals surface area contributed by atoms with E-state index in [1.807, 2.05) is 48.2 Å². The molecule has 2 heterocycles. The molecule has 0 saturated heterocycles. The van der Waals surface area contributed by atoms with Gasteiger partial charge in [-0.3, -0.25) is 5.10 Å². The normalized spacial score (nSPS) is 15.6. The van der Waals surface area contributed by atoms with Crippen LogP contribution in [0.25, 0.3) is 5.69 Å². The van der Waals surface area contributed by atoms with Gasteiger partial charge in [-0.15, -0.1) is 0 Å². The highest BCUT2D eigenvalue weighted by Crippen LogP contribution is 2.31. The van der Waals surface area contributed by atoms with Crippen molar-refractivity contribution < 1.29 is 0 Å². The number of H-pyrrole nitrogens is 1. The lowest BCUT2D eigenvalue weighted by atomic mass is 9.89. The smallest absolute Gasteiger partial charge is 0.216 e. The van der Waals surface area contributed by atoms with Crippen LogP contribution in [0.1, 0.15) is 60.8 Å². The van der Waals surface area contributed by atoms with E-state index in [9.17, 15) is 0 Å². The zero-order valence-electron chi connectivity index (χ0n) is 15.7.